The summed E-state index contributed by atoms with van der Waals surface area (Å²) in [5.41, 5.74) is -2.33. The molecule has 0 atom stereocenters. The SMILES string of the molecule is CC(C)(O)c1ccc2c(c1)[nH]c(=O)c1ccc(-c3cccc(-c4ccc(F)c5[nH]c(=O)[nH]c(=O)c45)c3C(F)F)n12. The van der Waals surface area contributed by atoms with Crippen molar-refractivity contribution in [2.45, 2.75) is 25.9 Å². The van der Waals surface area contributed by atoms with Gasteiger partial charge in [-0.05, 0) is 60.9 Å². The summed E-state index contributed by atoms with van der Waals surface area (Å²) in [4.78, 5) is 44.5. The lowest BCUT2D eigenvalue weighted by atomic mass is 9.92. The highest BCUT2D eigenvalue weighted by molar-refractivity contribution is 5.96. The Labute approximate surface area is 222 Å². The van der Waals surface area contributed by atoms with Crippen molar-refractivity contribution < 1.29 is 18.3 Å². The zero-order chi connectivity index (χ0) is 28.5. The maximum atomic E-state index is 14.9. The number of nitrogens with zero attached hydrogens (tertiary/aromatic N) is 1. The molecule has 0 saturated heterocycles. The zero-order valence-electron chi connectivity index (χ0n) is 21.1. The summed E-state index contributed by atoms with van der Waals surface area (Å²) in [6.45, 7) is 3.21. The van der Waals surface area contributed by atoms with Gasteiger partial charge in [0.25, 0.3) is 17.5 Å². The number of alkyl halides is 2. The molecule has 0 amide bonds. The lowest BCUT2D eigenvalue weighted by Gasteiger charge is -2.19. The molecule has 202 valence electrons. The van der Waals surface area contributed by atoms with Crippen LogP contribution in [0.1, 0.15) is 31.4 Å². The predicted octanol–water partition coefficient (Wildman–Crippen LogP) is 4.95. The first-order valence-corrected chi connectivity index (χ1v) is 12.2. The van der Waals surface area contributed by atoms with Crippen molar-refractivity contribution in [1.29, 1.82) is 0 Å². The van der Waals surface area contributed by atoms with Gasteiger partial charge >= 0.3 is 5.69 Å². The van der Waals surface area contributed by atoms with Gasteiger partial charge in [-0.1, -0.05) is 30.3 Å². The molecule has 0 bridgehead atoms. The van der Waals surface area contributed by atoms with E-state index >= 15 is 0 Å². The molecule has 6 aromatic rings. The van der Waals surface area contributed by atoms with Gasteiger partial charge in [-0.15, -0.1) is 0 Å². The average Bonchev–Trinajstić information content (AvgIpc) is 3.34. The van der Waals surface area contributed by atoms with E-state index in [0.717, 1.165) is 6.07 Å². The van der Waals surface area contributed by atoms with E-state index in [1.54, 1.807) is 42.5 Å². The van der Waals surface area contributed by atoms with Crippen LogP contribution in [-0.4, -0.2) is 24.5 Å². The summed E-state index contributed by atoms with van der Waals surface area (Å²) in [7, 11) is 0. The number of aliphatic hydroxyl groups is 1. The fraction of sp³-hybridized carbons (Fsp3) is 0.138. The Kier molecular flexibility index (Phi) is 5.59. The Morgan fingerprint density at radius 2 is 1.55 bits per heavy atom. The first kappa shape index (κ1) is 25.4. The van der Waals surface area contributed by atoms with Crippen LogP contribution in [0, 0.1) is 5.82 Å². The van der Waals surface area contributed by atoms with Gasteiger partial charge in [-0.2, -0.15) is 0 Å². The van der Waals surface area contributed by atoms with E-state index in [9.17, 15) is 32.7 Å². The predicted molar refractivity (Wildman–Crippen MR) is 145 cm³/mol. The normalized spacial score (nSPS) is 12.3. The van der Waals surface area contributed by atoms with E-state index in [1.165, 1.54) is 30.3 Å². The summed E-state index contributed by atoms with van der Waals surface area (Å²) in [6, 6.07) is 14.7. The van der Waals surface area contributed by atoms with Crippen LogP contribution in [-0.2, 0) is 5.60 Å². The summed E-state index contributed by atoms with van der Waals surface area (Å²) in [5.74, 6) is -0.884. The average molecular weight is 547 g/mol. The molecular formula is C29H21F3N4O4. The number of halogens is 3. The second kappa shape index (κ2) is 8.82. The summed E-state index contributed by atoms with van der Waals surface area (Å²) >= 11 is 0. The van der Waals surface area contributed by atoms with Crippen LogP contribution in [0.25, 0.3) is 49.8 Å². The zero-order valence-corrected chi connectivity index (χ0v) is 21.1. The minimum absolute atomic E-state index is 0.00411. The minimum atomic E-state index is -3.03. The van der Waals surface area contributed by atoms with Crippen LogP contribution in [0.15, 0.2) is 75.0 Å². The quantitative estimate of drug-likeness (QED) is 0.250. The number of H-pyrrole nitrogens is 3. The van der Waals surface area contributed by atoms with Crippen LogP contribution < -0.4 is 16.8 Å². The molecule has 0 aliphatic rings. The topological polar surface area (TPSA) is 123 Å². The number of aromatic amines is 3. The number of hydrogen-bond donors (Lipinski definition) is 4. The molecule has 0 spiro atoms. The van der Waals surface area contributed by atoms with Crippen molar-refractivity contribution in [1.82, 2.24) is 19.4 Å². The lowest BCUT2D eigenvalue weighted by Crippen LogP contribution is -2.23. The van der Waals surface area contributed by atoms with E-state index in [2.05, 4.69) is 9.97 Å². The van der Waals surface area contributed by atoms with Gasteiger partial charge in [0.05, 0.1) is 33.2 Å². The lowest BCUT2D eigenvalue weighted by molar-refractivity contribution is 0.0787. The van der Waals surface area contributed by atoms with E-state index < -0.39 is 45.7 Å². The fourth-order valence-electron chi connectivity index (χ4n) is 5.21. The molecule has 0 radical (unpaired) electrons. The Bertz CT molecular complexity index is 2170. The highest BCUT2D eigenvalue weighted by Crippen LogP contribution is 2.41. The van der Waals surface area contributed by atoms with Crippen molar-refractivity contribution in [2.75, 3.05) is 0 Å². The highest BCUT2D eigenvalue weighted by Gasteiger charge is 2.25. The standard InChI is InChI=1S/C29H21F3N4O4/c1-29(2,40)13-6-9-20-18(12-13)33-26(37)21-11-10-19(36(20)21)16-5-3-4-14(22(16)25(31)32)15-7-8-17(30)24-23(15)27(38)35-28(39)34-24/h3-12,25,40H,1-2H3,(H,33,37)(H2,34,35,38,39). The number of nitrogens with one attached hydrogen (secondary N) is 3. The van der Waals surface area contributed by atoms with Gasteiger partial charge in [-0.3, -0.25) is 14.6 Å². The second-order valence-electron chi connectivity index (χ2n) is 10.0. The molecule has 0 fully saturated rings. The van der Waals surface area contributed by atoms with Crippen molar-refractivity contribution in [3.8, 4) is 22.4 Å². The summed E-state index contributed by atoms with van der Waals surface area (Å²) in [6.07, 6.45) is -3.03. The second-order valence-corrected chi connectivity index (χ2v) is 10.0. The third-order valence-corrected chi connectivity index (χ3v) is 7.04. The first-order valence-electron chi connectivity index (χ1n) is 12.2. The Morgan fingerprint density at radius 1 is 0.825 bits per heavy atom. The van der Waals surface area contributed by atoms with Gasteiger partial charge in [0.15, 0.2) is 0 Å². The van der Waals surface area contributed by atoms with Crippen LogP contribution >= 0.6 is 0 Å². The Hall–Kier alpha value is -4.90. The van der Waals surface area contributed by atoms with Crippen molar-refractivity contribution in [3.05, 3.63) is 109 Å². The molecule has 0 unspecified atom stereocenters. The molecule has 4 N–H and O–H groups in total. The van der Waals surface area contributed by atoms with Crippen LogP contribution in [0.3, 0.4) is 0 Å². The van der Waals surface area contributed by atoms with Crippen molar-refractivity contribution >= 4 is 27.5 Å². The van der Waals surface area contributed by atoms with Crippen LogP contribution in [0.2, 0.25) is 0 Å². The van der Waals surface area contributed by atoms with Crippen LogP contribution in [0.5, 0.6) is 0 Å². The molecular weight excluding hydrogens is 525 g/mol. The summed E-state index contributed by atoms with van der Waals surface area (Å²) in [5, 5.41) is 10.2. The van der Waals surface area contributed by atoms with Gasteiger partial charge in [0.1, 0.15) is 11.3 Å². The van der Waals surface area contributed by atoms with Gasteiger partial charge in [0, 0.05) is 11.1 Å². The molecule has 40 heavy (non-hydrogen) atoms. The Balaban J connectivity index is 1.69. The van der Waals surface area contributed by atoms with Gasteiger partial charge < -0.3 is 19.5 Å². The molecule has 3 heterocycles. The van der Waals surface area contributed by atoms with E-state index in [4.69, 9.17) is 0 Å². The third-order valence-electron chi connectivity index (χ3n) is 7.04. The van der Waals surface area contributed by atoms with Crippen molar-refractivity contribution in [2.24, 2.45) is 0 Å². The molecule has 3 aromatic carbocycles. The van der Waals surface area contributed by atoms with E-state index in [1.807, 2.05) is 4.98 Å². The maximum absolute atomic E-state index is 14.9. The van der Waals surface area contributed by atoms with E-state index in [-0.39, 0.29) is 33.3 Å². The van der Waals surface area contributed by atoms with Gasteiger partial charge in [0.2, 0.25) is 0 Å². The number of benzene rings is 3. The number of hydrogen-bond acceptors (Lipinski definition) is 4. The van der Waals surface area contributed by atoms with Gasteiger partial charge in [-0.25, -0.2) is 18.0 Å². The molecule has 6 rings (SSSR count). The van der Waals surface area contributed by atoms with Crippen molar-refractivity contribution in [3.63, 3.8) is 0 Å². The molecule has 0 aliphatic carbocycles. The fourth-order valence-corrected chi connectivity index (χ4v) is 5.21. The molecule has 0 aliphatic heterocycles. The molecule has 11 heteroatoms. The Morgan fingerprint density at radius 3 is 2.27 bits per heavy atom. The van der Waals surface area contributed by atoms with Crippen LogP contribution in [0.4, 0.5) is 13.2 Å². The monoisotopic (exact) mass is 546 g/mol. The number of fused-ring (bicyclic) bond motifs is 4. The highest BCUT2D eigenvalue weighted by atomic mass is 19.3. The summed E-state index contributed by atoms with van der Waals surface area (Å²) < 4.78 is 45.8. The largest absolute Gasteiger partial charge is 0.386 e. The number of aromatic nitrogens is 4. The smallest absolute Gasteiger partial charge is 0.326 e. The third kappa shape index (κ3) is 3.85. The number of rotatable bonds is 4. The first-order chi connectivity index (χ1) is 19.0. The van der Waals surface area contributed by atoms with E-state index in [0.29, 0.717) is 16.6 Å². The molecule has 0 saturated carbocycles. The maximum Gasteiger partial charge on any atom is 0.326 e. The molecule has 3 aromatic heterocycles. The molecule has 8 nitrogen and oxygen atoms in total. The minimum Gasteiger partial charge on any atom is -0.386 e.